The van der Waals surface area contributed by atoms with E-state index in [1.807, 2.05) is 0 Å². The Bertz CT molecular complexity index is 261. The van der Waals surface area contributed by atoms with Gasteiger partial charge in [0.25, 0.3) is 0 Å². The van der Waals surface area contributed by atoms with E-state index < -0.39 is 0 Å². The minimum atomic E-state index is 0.0667. The molecule has 3 heteroatoms. The van der Waals surface area contributed by atoms with Crippen LogP contribution in [0.5, 0.6) is 0 Å². The van der Waals surface area contributed by atoms with Crippen LogP contribution < -0.4 is 5.32 Å². The molecule has 1 aromatic rings. The van der Waals surface area contributed by atoms with Crippen LogP contribution in [0.15, 0.2) is 17.5 Å². The van der Waals surface area contributed by atoms with Gasteiger partial charge >= 0.3 is 0 Å². The molecule has 2 nitrogen and oxygen atoms in total. The van der Waals surface area contributed by atoms with E-state index in [1.54, 1.807) is 11.3 Å². The third-order valence-corrected chi connectivity index (χ3v) is 4.00. The van der Waals surface area contributed by atoms with E-state index in [2.05, 4.69) is 22.8 Å². The Morgan fingerprint density at radius 3 is 2.86 bits per heavy atom. The van der Waals surface area contributed by atoms with Gasteiger partial charge in [0.2, 0.25) is 0 Å². The quantitative estimate of drug-likeness (QED) is 0.778. The number of rotatable bonds is 5. The number of aliphatic hydroxyl groups excluding tert-OH is 1. The molecular formula is C11H17NOS. The second kappa shape index (κ2) is 4.43. The number of thiophene rings is 1. The maximum absolute atomic E-state index is 9.23. The summed E-state index contributed by atoms with van der Waals surface area (Å²) in [6.07, 6.45) is 4.61. The smallest absolute Gasteiger partial charge is 0.0613 e. The Labute approximate surface area is 89.0 Å². The summed E-state index contributed by atoms with van der Waals surface area (Å²) in [4.78, 5) is 1.42. The van der Waals surface area contributed by atoms with Gasteiger partial charge in [-0.1, -0.05) is 6.07 Å². The zero-order chi connectivity index (χ0) is 9.86. The minimum Gasteiger partial charge on any atom is -0.394 e. The number of hydrogen-bond donors (Lipinski definition) is 2. The average molecular weight is 211 g/mol. The van der Waals surface area contributed by atoms with Crippen LogP contribution in [0, 0.1) is 0 Å². The maximum atomic E-state index is 9.23. The average Bonchev–Trinajstić information content (AvgIpc) is 2.62. The van der Waals surface area contributed by atoms with Gasteiger partial charge in [0, 0.05) is 17.0 Å². The lowest BCUT2D eigenvalue weighted by Gasteiger charge is -2.41. The summed E-state index contributed by atoms with van der Waals surface area (Å²) in [7, 11) is 0. The van der Waals surface area contributed by atoms with Gasteiger partial charge in [-0.3, -0.25) is 0 Å². The van der Waals surface area contributed by atoms with Crippen molar-refractivity contribution in [2.24, 2.45) is 0 Å². The van der Waals surface area contributed by atoms with Gasteiger partial charge < -0.3 is 10.4 Å². The van der Waals surface area contributed by atoms with Crippen LogP contribution in [0.25, 0.3) is 0 Å². The SMILES string of the molecule is OCC1(NCCc2cccs2)CCC1. The number of nitrogens with one attached hydrogen (secondary N) is 1. The lowest BCUT2D eigenvalue weighted by atomic mass is 9.77. The van der Waals surface area contributed by atoms with Crippen molar-refractivity contribution in [1.29, 1.82) is 0 Å². The van der Waals surface area contributed by atoms with Crippen molar-refractivity contribution in [2.45, 2.75) is 31.2 Å². The Kier molecular flexibility index (Phi) is 3.21. The highest BCUT2D eigenvalue weighted by Crippen LogP contribution is 2.30. The molecule has 0 atom stereocenters. The first-order valence-electron chi connectivity index (χ1n) is 5.23. The van der Waals surface area contributed by atoms with Gasteiger partial charge in [0.1, 0.15) is 0 Å². The zero-order valence-electron chi connectivity index (χ0n) is 8.33. The van der Waals surface area contributed by atoms with E-state index in [9.17, 15) is 5.11 Å². The fourth-order valence-corrected chi connectivity index (χ4v) is 2.61. The van der Waals surface area contributed by atoms with Crippen LogP contribution in [0.3, 0.4) is 0 Å². The first kappa shape index (κ1) is 10.1. The first-order valence-corrected chi connectivity index (χ1v) is 6.11. The molecule has 1 heterocycles. The highest BCUT2D eigenvalue weighted by molar-refractivity contribution is 7.09. The van der Waals surface area contributed by atoms with Crippen LogP contribution in [-0.4, -0.2) is 23.8 Å². The molecule has 0 aromatic carbocycles. The predicted molar refractivity (Wildman–Crippen MR) is 59.7 cm³/mol. The maximum Gasteiger partial charge on any atom is 0.0613 e. The topological polar surface area (TPSA) is 32.3 Å². The molecule has 1 aliphatic carbocycles. The normalized spacial score (nSPS) is 19.2. The lowest BCUT2D eigenvalue weighted by molar-refractivity contribution is 0.0896. The summed E-state index contributed by atoms with van der Waals surface area (Å²) >= 11 is 1.80. The van der Waals surface area contributed by atoms with Gasteiger partial charge in [0.15, 0.2) is 0 Å². The van der Waals surface area contributed by atoms with Gasteiger partial charge in [-0.25, -0.2) is 0 Å². The van der Waals surface area contributed by atoms with Crippen molar-refractivity contribution in [2.75, 3.05) is 13.2 Å². The molecule has 0 bridgehead atoms. The summed E-state index contributed by atoms with van der Waals surface area (Å²) < 4.78 is 0. The van der Waals surface area contributed by atoms with Gasteiger partial charge in [0.05, 0.1) is 6.61 Å². The van der Waals surface area contributed by atoms with E-state index >= 15 is 0 Å². The van der Waals surface area contributed by atoms with E-state index in [0.29, 0.717) is 0 Å². The second-order valence-electron chi connectivity index (χ2n) is 4.05. The van der Waals surface area contributed by atoms with Crippen LogP contribution >= 0.6 is 11.3 Å². The van der Waals surface area contributed by atoms with Crippen molar-refractivity contribution in [3.8, 4) is 0 Å². The molecule has 0 radical (unpaired) electrons. The molecule has 0 spiro atoms. The highest BCUT2D eigenvalue weighted by atomic mass is 32.1. The van der Waals surface area contributed by atoms with E-state index in [4.69, 9.17) is 0 Å². The molecule has 78 valence electrons. The summed E-state index contributed by atoms with van der Waals surface area (Å²) in [5.74, 6) is 0. The summed E-state index contributed by atoms with van der Waals surface area (Å²) in [5, 5.41) is 14.8. The molecule has 0 unspecified atom stereocenters. The molecule has 1 fully saturated rings. The molecule has 14 heavy (non-hydrogen) atoms. The third-order valence-electron chi connectivity index (χ3n) is 3.06. The molecule has 0 amide bonds. The molecular weight excluding hydrogens is 194 g/mol. The second-order valence-corrected chi connectivity index (χ2v) is 5.08. The largest absolute Gasteiger partial charge is 0.394 e. The van der Waals surface area contributed by atoms with Crippen molar-refractivity contribution < 1.29 is 5.11 Å². The van der Waals surface area contributed by atoms with E-state index in [0.717, 1.165) is 25.8 Å². The number of hydrogen-bond acceptors (Lipinski definition) is 3. The van der Waals surface area contributed by atoms with Gasteiger partial charge in [-0.05, 0) is 37.1 Å². The fraction of sp³-hybridized carbons (Fsp3) is 0.636. The van der Waals surface area contributed by atoms with Crippen LogP contribution in [-0.2, 0) is 6.42 Å². The van der Waals surface area contributed by atoms with Crippen molar-refractivity contribution in [3.05, 3.63) is 22.4 Å². The van der Waals surface area contributed by atoms with Crippen LogP contribution in [0.2, 0.25) is 0 Å². The Morgan fingerprint density at radius 2 is 2.36 bits per heavy atom. The van der Waals surface area contributed by atoms with E-state index in [1.165, 1.54) is 11.3 Å². The first-order chi connectivity index (χ1) is 6.85. The zero-order valence-corrected chi connectivity index (χ0v) is 9.15. The number of aliphatic hydroxyl groups is 1. The van der Waals surface area contributed by atoms with Crippen molar-refractivity contribution in [1.82, 2.24) is 5.32 Å². The standard InChI is InChI=1S/C11H17NOS/c13-9-11(5-2-6-11)12-7-4-10-3-1-8-14-10/h1,3,8,12-13H,2,4-7,9H2. The summed E-state index contributed by atoms with van der Waals surface area (Å²) in [5.41, 5.74) is 0.0667. The molecule has 1 saturated carbocycles. The monoisotopic (exact) mass is 211 g/mol. The minimum absolute atomic E-state index is 0.0667. The molecule has 1 aromatic heterocycles. The van der Waals surface area contributed by atoms with Gasteiger partial charge in [-0.15, -0.1) is 11.3 Å². The summed E-state index contributed by atoms with van der Waals surface area (Å²) in [6.45, 7) is 1.28. The Hall–Kier alpha value is -0.380. The third kappa shape index (κ3) is 2.16. The highest BCUT2D eigenvalue weighted by Gasteiger charge is 2.35. The van der Waals surface area contributed by atoms with Crippen molar-refractivity contribution >= 4 is 11.3 Å². The molecule has 2 rings (SSSR count). The lowest BCUT2D eigenvalue weighted by Crippen LogP contribution is -2.54. The van der Waals surface area contributed by atoms with E-state index in [-0.39, 0.29) is 12.1 Å². The summed E-state index contributed by atoms with van der Waals surface area (Å²) in [6, 6.07) is 4.25. The molecule has 1 aliphatic rings. The van der Waals surface area contributed by atoms with Crippen LogP contribution in [0.1, 0.15) is 24.1 Å². The van der Waals surface area contributed by atoms with Crippen molar-refractivity contribution in [3.63, 3.8) is 0 Å². The van der Waals surface area contributed by atoms with Crippen LogP contribution in [0.4, 0.5) is 0 Å². The molecule has 0 aliphatic heterocycles. The molecule has 0 saturated heterocycles. The Balaban J connectivity index is 1.72. The van der Waals surface area contributed by atoms with Gasteiger partial charge in [-0.2, -0.15) is 0 Å². The Morgan fingerprint density at radius 1 is 1.50 bits per heavy atom. The molecule has 2 N–H and O–H groups in total. The fourth-order valence-electron chi connectivity index (χ4n) is 1.90. The predicted octanol–water partition coefficient (Wildman–Crippen LogP) is 1.80.